The van der Waals surface area contributed by atoms with Gasteiger partial charge in [-0.25, -0.2) is 0 Å². The first-order valence-corrected chi connectivity index (χ1v) is 3.12. The Morgan fingerprint density at radius 2 is 2.40 bits per heavy atom. The molecule has 2 N–H and O–H groups in total. The van der Waals surface area contributed by atoms with Crippen molar-refractivity contribution >= 4 is 12.7 Å². The van der Waals surface area contributed by atoms with Crippen LogP contribution in [-0.2, 0) is 4.79 Å². The molecule has 0 radical (unpaired) electrons. The van der Waals surface area contributed by atoms with Crippen LogP contribution in [0.25, 0.3) is 0 Å². The monoisotopic (exact) mass is 144 g/mol. The molecule has 0 unspecified atom stereocenters. The van der Waals surface area contributed by atoms with E-state index < -0.39 is 5.97 Å². The normalized spacial score (nSPS) is 9.20. The summed E-state index contributed by atoms with van der Waals surface area (Å²) in [5.74, 6) is -0.827. The summed E-state index contributed by atoms with van der Waals surface area (Å²) in [6, 6.07) is 0. The molecule has 0 saturated heterocycles. The summed E-state index contributed by atoms with van der Waals surface area (Å²) in [6.45, 7) is 4.70. The number of aliphatic carboxylic acids is 1. The van der Waals surface area contributed by atoms with Crippen LogP contribution < -0.4 is 5.32 Å². The molecule has 0 rings (SSSR count). The Balaban J connectivity index is 2.90. The second-order valence-electron chi connectivity index (χ2n) is 1.87. The summed E-state index contributed by atoms with van der Waals surface area (Å²) in [4.78, 5) is 13.5. The van der Waals surface area contributed by atoms with Crippen molar-refractivity contribution in [3.8, 4) is 0 Å². The molecule has 0 amide bonds. The van der Waals surface area contributed by atoms with Crippen LogP contribution in [-0.4, -0.2) is 37.4 Å². The SMILES string of the molecule is C=NCCCNCC(=O)O. The number of rotatable bonds is 6. The zero-order valence-electron chi connectivity index (χ0n) is 5.84. The largest absolute Gasteiger partial charge is 0.480 e. The second-order valence-corrected chi connectivity index (χ2v) is 1.87. The highest BCUT2D eigenvalue weighted by molar-refractivity contribution is 5.68. The van der Waals surface area contributed by atoms with E-state index in [1.165, 1.54) is 0 Å². The molecule has 58 valence electrons. The zero-order valence-corrected chi connectivity index (χ0v) is 5.84. The van der Waals surface area contributed by atoms with Crippen molar-refractivity contribution in [2.45, 2.75) is 6.42 Å². The van der Waals surface area contributed by atoms with Gasteiger partial charge in [-0.2, -0.15) is 0 Å². The minimum Gasteiger partial charge on any atom is -0.480 e. The number of carboxylic acids is 1. The van der Waals surface area contributed by atoms with Gasteiger partial charge in [0.05, 0.1) is 6.54 Å². The van der Waals surface area contributed by atoms with E-state index >= 15 is 0 Å². The summed E-state index contributed by atoms with van der Waals surface area (Å²) in [7, 11) is 0. The molecule has 0 spiro atoms. The molecule has 10 heavy (non-hydrogen) atoms. The molecule has 0 aliphatic rings. The summed E-state index contributed by atoms with van der Waals surface area (Å²) in [5, 5.41) is 10.9. The van der Waals surface area contributed by atoms with Crippen molar-refractivity contribution < 1.29 is 9.90 Å². The van der Waals surface area contributed by atoms with E-state index in [0.717, 1.165) is 6.42 Å². The molecule has 0 aliphatic heterocycles. The molecule has 0 bridgehead atoms. The van der Waals surface area contributed by atoms with Crippen molar-refractivity contribution in [2.24, 2.45) is 4.99 Å². The fourth-order valence-corrected chi connectivity index (χ4v) is 0.511. The number of carbonyl (C=O) groups is 1. The third kappa shape index (κ3) is 7.10. The van der Waals surface area contributed by atoms with E-state index in [-0.39, 0.29) is 6.54 Å². The van der Waals surface area contributed by atoms with Crippen LogP contribution in [0.2, 0.25) is 0 Å². The summed E-state index contributed by atoms with van der Waals surface area (Å²) in [5.41, 5.74) is 0. The van der Waals surface area contributed by atoms with E-state index in [1.54, 1.807) is 0 Å². The Kier molecular flexibility index (Phi) is 5.66. The van der Waals surface area contributed by atoms with Gasteiger partial charge in [0.25, 0.3) is 0 Å². The highest BCUT2D eigenvalue weighted by Gasteiger charge is 1.92. The van der Waals surface area contributed by atoms with E-state index in [4.69, 9.17) is 5.11 Å². The number of aliphatic imine (C=N–C) groups is 1. The minimum atomic E-state index is -0.827. The lowest BCUT2D eigenvalue weighted by molar-refractivity contribution is -0.135. The average molecular weight is 144 g/mol. The van der Waals surface area contributed by atoms with Crippen molar-refractivity contribution in [1.82, 2.24) is 5.32 Å². The van der Waals surface area contributed by atoms with Gasteiger partial charge >= 0.3 is 5.97 Å². The Bertz CT molecular complexity index is 114. The van der Waals surface area contributed by atoms with Crippen LogP contribution >= 0.6 is 0 Å². The molecule has 4 nitrogen and oxygen atoms in total. The van der Waals surface area contributed by atoms with Crippen molar-refractivity contribution in [1.29, 1.82) is 0 Å². The number of hydrogen-bond acceptors (Lipinski definition) is 3. The van der Waals surface area contributed by atoms with E-state index in [0.29, 0.717) is 13.1 Å². The minimum absolute atomic E-state index is 0.0249. The lowest BCUT2D eigenvalue weighted by Crippen LogP contribution is -2.23. The third-order valence-electron chi connectivity index (χ3n) is 0.946. The fourth-order valence-electron chi connectivity index (χ4n) is 0.511. The smallest absolute Gasteiger partial charge is 0.317 e. The van der Waals surface area contributed by atoms with Crippen LogP contribution in [0.5, 0.6) is 0 Å². The van der Waals surface area contributed by atoms with Crippen LogP contribution in [0.15, 0.2) is 4.99 Å². The zero-order chi connectivity index (χ0) is 7.82. The second kappa shape index (κ2) is 6.22. The molecular formula is C6H12N2O2. The van der Waals surface area contributed by atoms with E-state index in [2.05, 4.69) is 17.0 Å². The van der Waals surface area contributed by atoms with Gasteiger partial charge in [0, 0.05) is 6.54 Å². The van der Waals surface area contributed by atoms with E-state index in [9.17, 15) is 4.79 Å². The fraction of sp³-hybridized carbons (Fsp3) is 0.667. The maximum Gasteiger partial charge on any atom is 0.317 e. The lowest BCUT2D eigenvalue weighted by Gasteiger charge is -1.97. The highest BCUT2D eigenvalue weighted by atomic mass is 16.4. The lowest BCUT2D eigenvalue weighted by atomic mass is 10.4. The van der Waals surface area contributed by atoms with Crippen molar-refractivity contribution in [3.05, 3.63) is 0 Å². The van der Waals surface area contributed by atoms with Crippen LogP contribution in [0.3, 0.4) is 0 Å². The van der Waals surface area contributed by atoms with Crippen LogP contribution in [0, 0.1) is 0 Å². The van der Waals surface area contributed by atoms with Crippen molar-refractivity contribution in [3.63, 3.8) is 0 Å². The van der Waals surface area contributed by atoms with Gasteiger partial charge < -0.3 is 15.4 Å². The predicted molar refractivity (Wildman–Crippen MR) is 39.5 cm³/mol. The number of nitrogens with zero attached hydrogens (tertiary/aromatic N) is 1. The van der Waals surface area contributed by atoms with Gasteiger partial charge in [-0.3, -0.25) is 4.79 Å². The summed E-state index contributed by atoms with van der Waals surface area (Å²) < 4.78 is 0. The van der Waals surface area contributed by atoms with Gasteiger partial charge in [-0.05, 0) is 19.7 Å². The van der Waals surface area contributed by atoms with E-state index in [1.807, 2.05) is 0 Å². The molecule has 0 aromatic carbocycles. The first-order valence-electron chi connectivity index (χ1n) is 3.12. The summed E-state index contributed by atoms with van der Waals surface area (Å²) in [6.07, 6.45) is 0.844. The number of hydrogen-bond donors (Lipinski definition) is 2. The first kappa shape index (κ1) is 9.10. The van der Waals surface area contributed by atoms with Crippen molar-refractivity contribution in [2.75, 3.05) is 19.6 Å². The number of carboxylic acid groups (broad SMARTS) is 1. The first-order chi connectivity index (χ1) is 4.77. The molecule has 4 heteroatoms. The Morgan fingerprint density at radius 1 is 1.70 bits per heavy atom. The van der Waals surface area contributed by atoms with Gasteiger partial charge in [0.2, 0.25) is 0 Å². The average Bonchev–Trinajstić information content (AvgIpc) is 1.87. The summed E-state index contributed by atoms with van der Waals surface area (Å²) >= 11 is 0. The van der Waals surface area contributed by atoms with Gasteiger partial charge in [0.15, 0.2) is 0 Å². The van der Waals surface area contributed by atoms with Crippen LogP contribution in [0.1, 0.15) is 6.42 Å². The number of nitrogens with one attached hydrogen (secondary N) is 1. The maximum absolute atomic E-state index is 9.93. The van der Waals surface area contributed by atoms with Gasteiger partial charge in [0.1, 0.15) is 0 Å². The molecule has 0 aliphatic carbocycles. The maximum atomic E-state index is 9.93. The molecule has 0 saturated carbocycles. The molecule has 0 heterocycles. The molecule has 0 aromatic rings. The third-order valence-corrected chi connectivity index (χ3v) is 0.946. The topological polar surface area (TPSA) is 61.7 Å². The van der Waals surface area contributed by atoms with Crippen LogP contribution in [0.4, 0.5) is 0 Å². The Labute approximate surface area is 60.0 Å². The quantitative estimate of drug-likeness (QED) is 0.399. The molecule has 0 fully saturated rings. The standard InChI is InChI=1S/C6H12N2O2/c1-7-3-2-4-8-5-6(9)10/h8H,1-5H2,(H,9,10). The molecular weight excluding hydrogens is 132 g/mol. The Hall–Kier alpha value is -0.900. The van der Waals surface area contributed by atoms with Gasteiger partial charge in [-0.1, -0.05) is 0 Å². The molecule has 0 aromatic heterocycles. The van der Waals surface area contributed by atoms with Gasteiger partial charge in [-0.15, -0.1) is 0 Å². The molecule has 0 atom stereocenters. The highest BCUT2D eigenvalue weighted by Crippen LogP contribution is 1.75. The predicted octanol–water partition coefficient (Wildman–Crippen LogP) is -0.249. The Morgan fingerprint density at radius 3 is 2.90 bits per heavy atom.